The Morgan fingerprint density at radius 1 is 1.54 bits per heavy atom. The summed E-state index contributed by atoms with van der Waals surface area (Å²) < 4.78 is 29.5. The minimum absolute atomic E-state index is 0.0908. The predicted molar refractivity (Wildman–Crippen MR) is 51.9 cm³/mol. The number of rotatable bonds is 7. The minimum atomic E-state index is -3.16. The van der Waals surface area contributed by atoms with Gasteiger partial charge in [-0.25, -0.2) is 13.1 Å². The summed E-state index contributed by atoms with van der Waals surface area (Å²) in [5, 5.41) is 0. The van der Waals surface area contributed by atoms with E-state index in [1.54, 1.807) is 14.0 Å². The molecule has 0 aromatic heterocycles. The zero-order valence-corrected chi connectivity index (χ0v) is 8.93. The van der Waals surface area contributed by atoms with Crippen LogP contribution in [-0.2, 0) is 14.8 Å². The second-order valence-electron chi connectivity index (χ2n) is 2.99. The van der Waals surface area contributed by atoms with Crippen LogP contribution >= 0.6 is 0 Å². The molecule has 80 valence electrons. The first-order chi connectivity index (χ1) is 5.98. The maximum Gasteiger partial charge on any atom is 0.211 e. The van der Waals surface area contributed by atoms with E-state index in [0.717, 1.165) is 0 Å². The average molecular weight is 210 g/mol. The fraction of sp³-hybridized carbons (Fsp3) is 1.00. The average Bonchev–Trinajstić information content (AvgIpc) is 2.02. The van der Waals surface area contributed by atoms with Gasteiger partial charge in [0.15, 0.2) is 0 Å². The number of sulfonamides is 1. The molecule has 0 spiro atoms. The van der Waals surface area contributed by atoms with Gasteiger partial charge in [-0.05, 0) is 13.3 Å². The molecule has 0 amide bonds. The molecule has 13 heavy (non-hydrogen) atoms. The Labute approximate surface area is 79.7 Å². The van der Waals surface area contributed by atoms with Crippen LogP contribution in [0.3, 0.4) is 0 Å². The Hall–Kier alpha value is -0.170. The Bertz CT molecular complexity index is 214. The number of nitrogens with one attached hydrogen (secondary N) is 1. The van der Waals surface area contributed by atoms with Gasteiger partial charge in [-0.2, -0.15) is 0 Å². The Morgan fingerprint density at radius 3 is 2.62 bits per heavy atom. The molecule has 0 bridgehead atoms. The molecule has 0 saturated carbocycles. The second-order valence-corrected chi connectivity index (χ2v) is 4.92. The second kappa shape index (κ2) is 6.31. The van der Waals surface area contributed by atoms with Crippen molar-refractivity contribution in [3.05, 3.63) is 0 Å². The highest BCUT2D eigenvalue weighted by Crippen LogP contribution is 1.90. The first-order valence-corrected chi connectivity index (χ1v) is 5.85. The largest absolute Gasteiger partial charge is 0.385 e. The molecule has 1 atom stereocenters. The van der Waals surface area contributed by atoms with E-state index in [0.29, 0.717) is 13.0 Å². The molecule has 0 rings (SSSR count). The lowest BCUT2D eigenvalue weighted by Gasteiger charge is -2.08. The van der Waals surface area contributed by atoms with E-state index in [1.165, 1.54) is 0 Å². The van der Waals surface area contributed by atoms with Crippen LogP contribution in [0.15, 0.2) is 0 Å². The smallest absolute Gasteiger partial charge is 0.211 e. The molecule has 0 aliphatic rings. The topological polar surface area (TPSA) is 81.4 Å². The van der Waals surface area contributed by atoms with Gasteiger partial charge in [-0.15, -0.1) is 0 Å². The predicted octanol–water partition coefficient (Wildman–Crippen LogP) is -0.710. The van der Waals surface area contributed by atoms with Crippen LogP contribution in [0.2, 0.25) is 0 Å². The minimum Gasteiger partial charge on any atom is -0.385 e. The number of nitrogens with two attached hydrogens (primary N) is 1. The van der Waals surface area contributed by atoms with Gasteiger partial charge in [-0.3, -0.25) is 0 Å². The van der Waals surface area contributed by atoms with Crippen LogP contribution in [0.4, 0.5) is 0 Å². The highest BCUT2D eigenvalue weighted by molar-refractivity contribution is 7.89. The summed E-state index contributed by atoms with van der Waals surface area (Å²) in [7, 11) is -1.62. The zero-order valence-electron chi connectivity index (χ0n) is 8.12. The molecule has 0 aliphatic carbocycles. The van der Waals surface area contributed by atoms with Gasteiger partial charge >= 0.3 is 0 Å². The zero-order chi connectivity index (χ0) is 10.3. The third-order valence-corrected chi connectivity index (χ3v) is 2.82. The van der Waals surface area contributed by atoms with E-state index in [9.17, 15) is 8.42 Å². The lowest BCUT2D eigenvalue weighted by molar-refractivity contribution is 0.199. The van der Waals surface area contributed by atoms with Crippen LogP contribution in [0.25, 0.3) is 0 Å². The van der Waals surface area contributed by atoms with E-state index in [-0.39, 0.29) is 18.3 Å². The van der Waals surface area contributed by atoms with Crippen LogP contribution in [0.5, 0.6) is 0 Å². The monoisotopic (exact) mass is 210 g/mol. The van der Waals surface area contributed by atoms with E-state index >= 15 is 0 Å². The third-order valence-electron chi connectivity index (χ3n) is 1.39. The summed E-state index contributed by atoms with van der Waals surface area (Å²) in [6, 6.07) is -0.155. The lowest BCUT2D eigenvalue weighted by atomic mass is 10.4. The molecule has 0 radical (unpaired) electrons. The van der Waals surface area contributed by atoms with Crippen molar-refractivity contribution in [3.8, 4) is 0 Å². The van der Waals surface area contributed by atoms with Crippen molar-refractivity contribution in [2.24, 2.45) is 5.73 Å². The van der Waals surface area contributed by atoms with Gasteiger partial charge in [0, 0.05) is 26.3 Å². The van der Waals surface area contributed by atoms with Crippen molar-refractivity contribution < 1.29 is 13.2 Å². The van der Waals surface area contributed by atoms with Crippen LogP contribution < -0.4 is 10.5 Å². The van der Waals surface area contributed by atoms with Crippen LogP contribution in [0.1, 0.15) is 13.3 Å². The molecule has 0 fully saturated rings. The summed E-state index contributed by atoms with van der Waals surface area (Å²) in [6.07, 6.45) is 0.505. The first kappa shape index (κ1) is 12.8. The summed E-state index contributed by atoms with van der Waals surface area (Å²) in [5.41, 5.74) is 5.40. The van der Waals surface area contributed by atoms with Crippen molar-refractivity contribution in [2.75, 3.05) is 26.0 Å². The van der Waals surface area contributed by atoms with Gasteiger partial charge < -0.3 is 10.5 Å². The van der Waals surface area contributed by atoms with Gasteiger partial charge in [0.2, 0.25) is 10.0 Å². The summed E-state index contributed by atoms with van der Waals surface area (Å²) in [5.74, 6) is 0.0908. The molecule has 0 aromatic rings. The summed E-state index contributed by atoms with van der Waals surface area (Å²) >= 11 is 0. The third kappa shape index (κ3) is 8.17. The summed E-state index contributed by atoms with van der Waals surface area (Å²) in [4.78, 5) is 0. The number of methoxy groups -OCH3 is 1. The fourth-order valence-corrected chi connectivity index (χ4v) is 1.88. The molecule has 0 saturated heterocycles. The van der Waals surface area contributed by atoms with Gasteiger partial charge in [0.05, 0.1) is 5.75 Å². The molecular weight excluding hydrogens is 192 g/mol. The van der Waals surface area contributed by atoms with Crippen molar-refractivity contribution in [3.63, 3.8) is 0 Å². The highest BCUT2D eigenvalue weighted by atomic mass is 32.2. The molecule has 0 aromatic carbocycles. The SMILES string of the molecule is COCCCS(=O)(=O)NCC(C)N. The van der Waals surface area contributed by atoms with E-state index in [1.807, 2.05) is 0 Å². The molecule has 6 heteroatoms. The standard InChI is InChI=1S/C7H18N2O3S/c1-7(8)6-9-13(10,11)5-3-4-12-2/h7,9H,3-6,8H2,1-2H3. The Morgan fingerprint density at radius 2 is 2.15 bits per heavy atom. The molecular formula is C7H18N2O3S. The lowest BCUT2D eigenvalue weighted by Crippen LogP contribution is -2.36. The van der Waals surface area contributed by atoms with Crippen molar-refractivity contribution >= 4 is 10.0 Å². The maximum atomic E-state index is 11.2. The van der Waals surface area contributed by atoms with Crippen LogP contribution in [0, 0.1) is 0 Å². The first-order valence-electron chi connectivity index (χ1n) is 4.20. The highest BCUT2D eigenvalue weighted by Gasteiger charge is 2.09. The van der Waals surface area contributed by atoms with E-state index < -0.39 is 10.0 Å². The Kier molecular flexibility index (Phi) is 6.23. The molecule has 0 aliphatic heterocycles. The molecule has 5 nitrogen and oxygen atoms in total. The molecule has 3 N–H and O–H groups in total. The number of ether oxygens (including phenoxy) is 1. The van der Waals surface area contributed by atoms with E-state index in [4.69, 9.17) is 10.5 Å². The summed E-state index contributed by atoms with van der Waals surface area (Å²) in [6.45, 7) is 2.49. The van der Waals surface area contributed by atoms with Crippen molar-refractivity contribution in [1.82, 2.24) is 4.72 Å². The molecule has 0 heterocycles. The number of hydrogen-bond acceptors (Lipinski definition) is 4. The normalized spacial score (nSPS) is 14.4. The van der Waals surface area contributed by atoms with Crippen molar-refractivity contribution in [2.45, 2.75) is 19.4 Å². The maximum absolute atomic E-state index is 11.2. The quantitative estimate of drug-likeness (QED) is 0.544. The van der Waals surface area contributed by atoms with Crippen LogP contribution in [-0.4, -0.2) is 40.5 Å². The van der Waals surface area contributed by atoms with Gasteiger partial charge in [-0.1, -0.05) is 0 Å². The van der Waals surface area contributed by atoms with Crippen molar-refractivity contribution in [1.29, 1.82) is 0 Å². The number of hydrogen-bond donors (Lipinski definition) is 2. The fourth-order valence-electron chi connectivity index (χ4n) is 0.724. The van der Waals surface area contributed by atoms with Gasteiger partial charge in [0.25, 0.3) is 0 Å². The molecule has 1 unspecified atom stereocenters. The van der Waals surface area contributed by atoms with Gasteiger partial charge in [0.1, 0.15) is 0 Å². The Balaban J connectivity index is 3.68. The van der Waals surface area contributed by atoms with E-state index in [2.05, 4.69) is 4.72 Å².